The number of esters is 2. The maximum atomic E-state index is 15.0. The molecule has 14 nitrogen and oxygen atoms in total. The lowest BCUT2D eigenvalue weighted by Crippen LogP contribution is -2.52. The highest BCUT2D eigenvalue weighted by molar-refractivity contribution is 6.87. The summed E-state index contributed by atoms with van der Waals surface area (Å²) in [5, 5.41) is 24.0. The van der Waals surface area contributed by atoms with Crippen molar-refractivity contribution in [3.63, 3.8) is 0 Å². The Hall–Kier alpha value is -6.91. The van der Waals surface area contributed by atoms with Gasteiger partial charge in [-0.15, -0.1) is 0 Å². The molecule has 0 N–H and O–H groups in total. The number of carbonyl (C=O) groups excluding carboxylic acids is 2. The number of nitro benzene ring substituents is 2. The van der Waals surface area contributed by atoms with Gasteiger partial charge in [-0.25, -0.2) is 18.4 Å². The third-order valence-electron chi connectivity index (χ3n) is 19.0. The molecule has 0 unspecified atom stereocenters. The molecule has 0 aliphatic heterocycles. The first-order chi connectivity index (χ1) is 48.4. The number of carbonyl (C=O) groups is 2. The Morgan fingerprint density at radius 1 is 0.406 bits per heavy atom. The predicted octanol–water partition coefficient (Wildman–Crippen LogP) is 25.3. The molecular formula is C82H116F2N2O12Si3. The van der Waals surface area contributed by atoms with Crippen molar-refractivity contribution in [2.75, 3.05) is 13.2 Å². The molecule has 0 saturated carbocycles. The van der Waals surface area contributed by atoms with Gasteiger partial charge in [0.1, 0.15) is 11.5 Å². The Kier molecular flexibility index (Phi) is 35.6. The molecule has 6 aromatic carbocycles. The second kappa shape index (κ2) is 43.3. The van der Waals surface area contributed by atoms with E-state index in [1.807, 2.05) is 38.1 Å². The molecule has 6 aromatic rings. The standard InChI is InChI=1S/C82H116F2N2O12Si3/c1-11-13-31-37-63(3)73-51-43-67(61-77(73)85(89)90)65-39-47-71(48-40-65)95-81(87)69-45-53-79(75(83)59-69)93-55-33-27-23-19-15-17-21-25-29-35-57-99(5,6)97-101(9,10)98-100(7,8)58-36-30-26-22-18-16-20-24-28-34-56-94-80-54-46-70(60-76(80)84)82(88)96-72-49-41-66(42-50-72)68-44-52-74(78(62-68)86(91)92)64(4)38-32-14-12-2/h39-54,59-64H,11-38,55-58H2,1-10H3/t63-,64-/m0/s1. The predicted molar refractivity (Wildman–Crippen MR) is 412 cm³/mol. The van der Waals surface area contributed by atoms with Crippen molar-refractivity contribution in [1.29, 1.82) is 0 Å². The van der Waals surface area contributed by atoms with Crippen LogP contribution >= 0.6 is 0 Å². The summed E-state index contributed by atoms with van der Waals surface area (Å²) in [4.78, 5) is 49.3. The quantitative estimate of drug-likeness (QED) is 0.00883. The summed E-state index contributed by atoms with van der Waals surface area (Å²) in [5.74, 6) is -1.72. The molecule has 6 rings (SSSR count). The van der Waals surface area contributed by atoms with E-state index in [2.05, 4.69) is 53.1 Å². The van der Waals surface area contributed by atoms with Gasteiger partial charge in [0.25, 0.3) is 11.4 Å². The van der Waals surface area contributed by atoms with Gasteiger partial charge < -0.3 is 27.2 Å². The Morgan fingerprint density at radius 2 is 0.723 bits per heavy atom. The molecule has 0 fully saturated rings. The van der Waals surface area contributed by atoms with Gasteiger partial charge in [0.05, 0.1) is 34.2 Å². The van der Waals surface area contributed by atoms with Crippen LogP contribution in [0.2, 0.25) is 51.4 Å². The summed E-state index contributed by atoms with van der Waals surface area (Å²) in [6.45, 7) is 23.1. The first-order valence-electron chi connectivity index (χ1n) is 37.8. The number of nitrogens with zero attached hydrogens (tertiary/aromatic N) is 2. The monoisotopic (exact) mass is 1440 g/mol. The van der Waals surface area contributed by atoms with Crippen molar-refractivity contribution in [2.45, 2.75) is 271 Å². The highest BCUT2D eigenvalue weighted by atomic mass is 28.5. The van der Waals surface area contributed by atoms with E-state index in [1.54, 1.807) is 60.7 Å². The summed E-state index contributed by atoms with van der Waals surface area (Å²) < 4.78 is 66.5. The minimum absolute atomic E-state index is 0.0669. The van der Waals surface area contributed by atoms with Crippen molar-refractivity contribution < 1.29 is 55.4 Å². The van der Waals surface area contributed by atoms with E-state index >= 15 is 8.78 Å². The van der Waals surface area contributed by atoms with E-state index in [4.69, 9.17) is 27.2 Å². The molecule has 0 aliphatic carbocycles. The van der Waals surface area contributed by atoms with E-state index in [9.17, 15) is 29.8 Å². The summed E-state index contributed by atoms with van der Waals surface area (Å²) >= 11 is 0. The molecule has 0 aliphatic rings. The summed E-state index contributed by atoms with van der Waals surface area (Å²) in [7, 11) is -5.99. The zero-order valence-electron chi connectivity index (χ0n) is 62.4. The fraction of sp³-hybridized carbons (Fsp3) is 0.537. The van der Waals surface area contributed by atoms with Gasteiger partial charge >= 0.3 is 20.5 Å². The van der Waals surface area contributed by atoms with Crippen LogP contribution < -0.4 is 18.9 Å². The fourth-order valence-corrected chi connectivity index (χ4v) is 27.7. The minimum Gasteiger partial charge on any atom is -0.491 e. The van der Waals surface area contributed by atoms with E-state index in [0.29, 0.717) is 24.3 Å². The molecule has 2 atom stereocenters. The van der Waals surface area contributed by atoms with Crippen molar-refractivity contribution in [1.82, 2.24) is 0 Å². The van der Waals surface area contributed by atoms with E-state index < -0.39 is 48.8 Å². The minimum atomic E-state index is -2.27. The molecule has 0 radical (unpaired) electrons. The topological polar surface area (TPSA) is 176 Å². The smallest absolute Gasteiger partial charge is 0.343 e. The van der Waals surface area contributed by atoms with E-state index in [-0.39, 0.29) is 67.2 Å². The number of rotatable bonds is 50. The van der Waals surface area contributed by atoms with Crippen LogP contribution in [0.25, 0.3) is 22.3 Å². The van der Waals surface area contributed by atoms with Crippen LogP contribution in [0.3, 0.4) is 0 Å². The number of hydrogen-bond acceptors (Lipinski definition) is 12. The van der Waals surface area contributed by atoms with Crippen LogP contribution in [-0.4, -0.2) is 60.2 Å². The van der Waals surface area contributed by atoms with Crippen molar-refractivity contribution >= 4 is 48.5 Å². The Labute approximate surface area is 605 Å². The lowest BCUT2D eigenvalue weighted by Gasteiger charge is -2.39. The SMILES string of the molecule is CCCCC[C@H](C)c1ccc(-c2ccc(OC(=O)c3ccc(OCCCCCCCCCCCC[Si](C)(C)O[Si](C)(C)O[Si](C)(C)CCCCCCCCCCCCOc4ccc(C(=O)Oc5ccc(-c6ccc([C@@H](C)CCCCC)c([N+](=O)[O-])c6)cc5)cc4F)c(F)c3)cc2)cc1[N+](=O)[O-]. The van der Waals surface area contributed by atoms with E-state index in [0.717, 1.165) is 136 Å². The van der Waals surface area contributed by atoms with Gasteiger partial charge in [-0.3, -0.25) is 20.2 Å². The average Bonchev–Trinajstić information content (AvgIpc) is 0.822. The van der Waals surface area contributed by atoms with Crippen molar-refractivity contribution in [2.24, 2.45) is 0 Å². The van der Waals surface area contributed by atoms with Gasteiger partial charge in [-0.05, 0) is 172 Å². The third kappa shape index (κ3) is 29.8. The summed E-state index contributed by atoms with van der Waals surface area (Å²) in [6, 6.07) is 34.7. The molecular weight excluding hydrogens is 1330 g/mol. The number of benzene rings is 6. The Bertz CT molecular complexity index is 3290. The summed E-state index contributed by atoms with van der Waals surface area (Å²) in [5.41, 5.74) is 4.69. The highest BCUT2D eigenvalue weighted by Gasteiger charge is 2.39. The van der Waals surface area contributed by atoms with Gasteiger partial charge in [0, 0.05) is 23.3 Å². The van der Waals surface area contributed by atoms with Crippen LogP contribution in [0.4, 0.5) is 20.2 Å². The first kappa shape index (κ1) is 83.0. The van der Waals surface area contributed by atoms with E-state index in [1.165, 1.54) is 114 Å². The van der Waals surface area contributed by atoms with Crippen molar-refractivity contribution in [3.05, 3.63) is 175 Å². The molecule has 0 saturated heterocycles. The molecule has 0 amide bonds. The number of hydrogen-bond donors (Lipinski definition) is 0. The van der Waals surface area contributed by atoms with Crippen molar-refractivity contribution in [3.8, 4) is 45.3 Å². The largest absolute Gasteiger partial charge is 0.491 e. The highest BCUT2D eigenvalue weighted by Crippen LogP contribution is 2.38. The Balaban J connectivity index is 0.726. The molecule has 0 heterocycles. The van der Waals surface area contributed by atoms with Gasteiger partial charge in [-0.1, -0.05) is 230 Å². The first-order valence-corrected chi connectivity index (χ1v) is 46.9. The molecule has 552 valence electrons. The number of ether oxygens (including phenoxy) is 4. The Morgan fingerprint density at radius 3 is 1.04 bits per heavy atom. The fourth-order valence-electron chi connectivity index (χ4n) is 13.5. The molecule has 101 heavy (non-hydrogen) atoms. The maximum absolute atomic E-state index is 15.0. The number of halogens is 2. The lowest BCUT2D eigenvalue weighted by atomic mass is 9.91. The number of nitro groups is 2. The van der Waals surface area contributed by atoms with Gasteiger partial charge in [0.15, 0.2) is 39.8 Å². The zero-order valence-corrected chi connectivity index (χ0v) is 65.4. The van der Waals surface area contributed by atoms with Crippen LogP contribution in [-0.2, 0) is 8.23 Å². The van der Waals surface area contributed by atoms with Crippen LogP contribution in [0.5, 0.6) is 23.0 Å². The average molecular weight is 1440 g/mol. The van der Waals surface area contributed by atoms with Crippen LogP contribution in [0.15, 0.2) is 121 Å². The lowest BCUT2D eigenvalue weighted by molar-refractivity contribution is -0.385. The second-order valence-corrected chi connectivity index (χ2v) is 41.8. The van der Waals surface area contributed by atoms with Gasteiger partial charge in [-0.2, -0.15) is 0 Å². The molecule has 0 aromatic heterocycles. The molecule has 19 heteroatoms. The molecule has 0 spiro atoms. The van der Waals surface area contributed by atoms with Crippen LogP contribution in [0, 0.1) is 31.9 Å². The normalized spacial score (nSPS) is 12.5. The van der Waals surface area contributed by atoms with Gasteiger partial charge in [0.2, 0.25) is 0 Å². The molecule has 0 bridgehead atoms. The number of unbranched alkanes of at least 4 members (excludes halogenated alkanes) is 22. The maximum Gasteiger partial charge on any atom is 0.343 e. The summed E-state index contributed by atoms with van der Waals surface area (Å²) in [6.07, 6.45) is 31.2. The second-order valence-electron chi connectivity index (χ2n) is 29.4. The zero-order chi connectivity index (χ0) is 73.2. The van der Waals surface area contributed by atoms with Crippen LogP contribution in [0.1, 0.15) is 251 Å². The third-order valence-corrected chi connectivity index (χ3v) is 30.5.